The molecule has 1 fully saturated rings. The number of rotatable bonds is 3. The summed E-state index contributed by atoms with van der Waals surface area (Å²) in [6, 6.07) is 0.528. The third kappa shape index (κ3) is 2.05. The summed E-state index contributed by atoms with van der Waals surface area (Å²) >= 11 is 0. The number of aliphatic hydroxyl groups is 1. The number of ketones is 1. The van der Waals surface area contributed by atoms with Crippen LogP contribution < -0.4 is 0 Å². The van der Waals surface area contributed by atoms with Crippen molar-refractivity contribution >= 4 is 5.78 Å². The summed E-state index contributed by atoms with van der Waals surface area (Å²) in [6.07, 6.45) is 2.34. The van der Waals surface area contributed by atoms with Gasteiger partial charge in [0.15, 0.2) is 0 Å². The van der Waals surface area contributed by atoms with E-state index in [-0.39, 0.29) is 12.6 Å². The SMILES string of the molecule is CC(CO)N(C)C1CCC(=O)C1. The molecule has 0 aromatic heterocycles. The molecule has 0 heterocycles. The van der Waals surface area contributed by atoms with Crippen LogP contribution in [0, 0.1) is 0 Å². The minimum atomic E-state index is 0.167. The Labute approximate surface area is 73.4 Å². The van der Waals surface area contributed by atoms with Crippen molar-refractivity contribution in [2.75, 3.05) is 13.7 Å². The molecule has 2 atom stereocenters. The lowest BCUT2D eigenvalue weighted by Crippen LogP contribution is -2.39. The number of likely N-dealkylation sites (N-methyl/N-ethyl adjacent to an activating group) is 1. The highest BCUT2D eigenvalue weighted by atomic mass is 16.3. The Hall–Kier alpha value is -0.410. The van der Waals surface area contributed by atoms with E-state index in [9.17, 15) is 4.79 Å². The van der Waals surface area contributed by atoms with E-state index in [1.54, 1.807) is 0 Å². The Morgan fingerprint density at radius 1 is 1.75 bits per heavy atom. The summed E-state index contributed by atoms with van der Waals surface area (Å²) < 4.78 is 0. The molecule has 0 spiro atoms. The van der Waals surface area contributed by atoms with Crippen molar-refractivity contribution in [3.8, 4) is 0 Å². The van der Waals surface area contributed by atoms with Crippen LogP contribution in [0.3, 0.4) is 0 Å². The number of carbonyl (C=O) groups excluding carboxylic acids is 1. The van der Waals surface area contributed by atoms with Crippen LogP contribution in [0.5, 0.6) is 0 Å². The molecule has 0 radical (unpaired) electrons. The Bertz CT molecular complexity index is 170. The minimum Gasteiger partial charge on any atom is -0.395 e. The second-order valence-corrected chi connectivity index (χ2v) is 3.63. The van der Waals surface area contributed by atoms with Gasteiger partial charge in [0.2, 0.25) is 0 Å². The van der Waals surface area contributed by atoms with Gasteiger partial charge in [-0.15, -0.1) is 0 Å². The van der Waals surface area contributed by atoms with Crippen molar-refractivity contribution in [3.05, 3.63) is 0 Å². The molecule has 3 heteroatoms. The molecule has 2 unspecified atom stereocenters. The first-order chi connectivity index (χ1) is 5.65. The predicted molar refractivity (Wildman–Crippen MR) is 47.0 cm³/mol. The van der Waals surface area contributed by atoms with Gasteiger partial charge in [-0.05, 0) is 20.4 Å². The molecule has 3 nitrogen and oxygen atoms in total. The zero-order chi connectivity index (χ0) is 9.14. The average molecular weight is 171 g/mol. The summed E-state index contributed by atoms with van der Waals surface area (Å²) in [5.74, 6) is 0.358. The lowest BCUT2D eigenvalue weighted by atomic mass is 10.2. The third-order valence-electron chi connectivity index (χ3n) is 2.76. The maximum absolute atomic E-state index is 11.0. The Morgan fingerprint density at radius 3 is 2.83 bits per heavy atom. The molecule has 1 aliphatic rings. The lowest BCUT2D eigenvalue weighted by molar-refractivity contribution is -0.117. The fourth-order valence-corrected chi connectivity index (χ4v) is 1.63. The van der Waals surface area contributed by atoms with Crippen molar-refractivity contribution in [2.24, 2.45) is 0 Å². The first kappa shape index (κ1) is 9.68. The third-order valence-corrected chi connectivity index (χ3v) is 2.76. The van der Waals surface area contributed by atoms with Gasteiger partial charge in [0.05, 0.1) is 6.61 Å². The first-order valence-corrected chi connectivity index (χ1v) is 4.49. The van der Waals surface area contributed by atoms with Crippen molar-refractivity contribution < 1.29 is 9.90 Å². The maximum Gasteiger partial charge on any atom is 0.134 e. The largest absolute Gasteiger partial charge is 0.395 e. The van der Waals surface area contributed by atoms with Crippen LogP contribution in [0.15, 0.2) is 0 Å². The van der Waals surface area contributed by atoms with Crippen LogP contribution in [-0.2, 0) is 4.79 Å². The van der Waals surface area contributed by atoms with Gasteiger partial charge in [0.1, 0.15) is 5.78 Å². The number of hydrogen-bond acceptors (Lipinski definition) is 3. The van der Waals surface area contributed by atoms with Gasteiger partial charge in [-0.2, -0.15) is 0 Å². The van der Waals surface area contributed by atoms with E-state index < -0.39 is 0 Å². The van der Waals surface area contributed by atoms with Crippen LogP contribution >= 0.6 is 0 Å². The van der Waals surface area contributed by atoms with Crippen LogP contribution in [0.4, 0.5) is 0 Å². The van der Waals surface area contributed by atoms with Gasteiger partial charge in [-0.1, -0.05) is 0 Å². The van der Waals surface area contributed by atoms with Crippen molar-refractivity contribution in [1.82, 2.24) is 4.90 Å². The van der Waals surface area contributed by atoms with E-state index in [0.29, 0.717) is 24.7 Å². The molecular formula is C9H17NO2. The maximum atomic E-state index is 11.0. The second kappa shape index (κ2) is 4.01. The van der Waals surface area contributed by atoms with E-state index in [0.717, 1.165) is 6.42 Å². The van der Waals surface area contributed by atoms with E-state index in [4.69, 9.17) is 5.11 Å². The van der Waals surface area contributed by atoms with Crippen molar-refractivity contribution in [3.63, 3.8) is 0 Å². The zero-order valence-corrected chi connectivity index (χ0v) is 7.79. The van der Waals surface area contributed by atoms with Gasteiger partial charge < -0.3 is 5.11 Å². The molecule has 0 bridgehead atoms. The lowest BCUT2D eigenvalue weighted by Gasteiger charge is -2.28. The number of aliphatic hydroxyl groups excluding tert-OH is 1. The summed E-state index contributed by atoms with van der Waals surface area (Å²) in [4.78, 5) is 13.1. The zero-order valence-electron chi connectivity index (χ0n) is 7.79. The smallest absolute Gasteiger partial charge is 0.134 e. The predicted octanol–water partition coefficient (Wildman–Crippen LogP) is 0.421. The highest BCUT2D eigenvalue weighted by molar-refractivity contribution is 5.81. The van der Waals surface area contributed by atoms with Crippen LogP contribution in [0.1, 0.15) is 26.2 Å². The first-order valence-electron chi connectivity index (χ1n) is 4.49. The molecule has 0 aromatic carbocycles. The highest BCUT2D eigenvalue weighted by Gasteiger charge is 2.27. The van der Waals surface area contributed by atoms with E-state index in [2.05, 4.69) is 4.90 Å². The van der Waals surface area contributed by atoms with Crippen LogP contribution in [0.25, 0.3) is 0 Å². The fourth-order valence-electron chi connectivity index (χ4n) is 1.63. The van der Waals surface area contributed by atoms with Crippen molar-refractivity contribution in [1.29, 1.82) is 0 Å². The molecule has 12 heavy (non-hydrogen) atoms. The van der Waals surface area contributed by atoms with Crippen LogP contribution in [0.2, 0.25) is 0 Å². The van der Waals surface area contributed by atoms with Gasteiger partial charge in [-0.3, -0.25) is 9.69 Å². The molecule has 1 aliphatic carbocycles. The molecule has 0 aromatic rings. The van der Waals surface area contributed by atoms with Gasteiger partial charge in [0.25, 0.3) is 0 Å². The van der Waals surface area contributed by atoms with Gasteiger partial charge in [-0.25, -0.2) is 0 Å². The summed E-state index contributed by atoms with van der Waals surface area (Å²) in [5, 5.41) is 8.90. The molecule has 1 rings (SSSR count). The minimum absolute atomic E-state index is 0.167. The van der Waals surface area contributed by atoms with Gasteiger partial charge >= 0.3 is 0 Å². The molecule has 0 amide bonds. The standard InChI is InChI=1S/C9H17NO2/c1-7(6-11)10(2)8-3-4-9(12)5-8/h7-8,11H,3-6H2,1-2H3. The summed E-state index contributed by atoms with van der Waals surface area (Å²) in [6.45, 7) is 2.14. The number of nitrogens with zero attached hydrogens (tertiary/aromatic N) is 1. The van der Waals surface area contributed by atoms with E-state index in [1.807, 2.05) is 14.0 Å². The Kier molecular flexibility index (Phi) is 3.23. The highest BCUT2D eigenvalue weighted by Crippen LogP contribution is 2.20. The molecule has 1 saturated carbocycles. The number of carbonyl (C=O) groups is 1. The average Bonchev–Trinajstić information content (AvgIpc) is 2.49. The topological polar surface area (TPSA) is 40.5 Å². The fraction of sp³-hybridized carbons (Fsp3) is 0.889. The molecule has 0 aliphatic heterocycles. The summed E-state index contributed by atoms with van der Waals surface area (Å²) in [5.41, 5.74) is 0. The normalized spacial score (nSPS) is 26.7. The molecule has 1 N–H and O–H groups in total. The molecule has 70 valence electrons. The van der Waals surface area contributed by atoms with E-state index in [1.165, 1.54) is 0 Å². The van der Waals surface area contributed by atoms with Crippen LogP contribution in [-0.4, -0.2) is 41.5 Å². The van der Waals surface area contributed by atoms with E-state index >= 15 is 0 Å². The Balaban J connectivity index is 2.42. The second-order valence-electron chi connectivity index (χ2n) is 3.63. The Morgan fingerprint density at radius 2 is 2.42 bits per heavy atom. The number of Topliss-reactive ketones (excluding diaryl/α,β-unsaturated/α-hetero) is 1. The quantitative estimate of drug-likeness (QED) is 0.669. The van der Waals surface area contributed by atoms with Crippen molar-refractivity contribution in [2.45, 2.75) is 38.3 Å². The van der Waals surface area contributed by atoms with Gasteiger partial charge in [0, 0.05) is 24.9 Å². The number of hydrogen-bond donors (Lipinski definition) is 1. The summed E-state index contributed by atoms with van der Waals surface area (Å²) in [7, 11) is 1.98. The molecular weight excluding hydrogens is 154 g/mol. The molecule has 0 saturated heterocycles. The monoisotopic (exact) mass is 171 g/mol.